The maximum absolute atomic E-state index is 12.1. The summed E-state index contributed by atoms with van der Waals surface area (Å²) < 4.78 is 4.62. The predicted octanol–water partition coefficient (Wildman–Crippen LogP) is -0.735. The van der Waals surface area contributed by atoms with Crippen LogP contribution < -0.4 is 10.6 Å². The van der Waals surface area contributed by atoms with Crippen molar-refractivity contribution >= 4 is 17.8 Å². The number of nitrogens with zero attached hydrogens (tertiary/aromatic N) is 1. The first kappa shape index (κ1) is 16.4. The number of carbonyl (C=O) groups is 3. The Balaban J connectivity index is 2.46. The fourth-order valence-electron chi connectivity index (χ4n) is 2.17. The van der Waals surface area contributed by atoms with Gasteiger partial charge in [0.05, 0.1) is 13.2 Å². The molecule has 114 valence electrons. The quantitative estimate of drug-likeness (QED) is 0.628. The molecular formula is C13H23N3O4. The molecule has 1 fully saturated rings. The van der Waals surface area contributed by atoms with Crippen LogP contribution in [0.3, 0.4) is 0 Å². The van der Waals surface area contributed by atoms with Crippen LogP contribution in [0.2, 0.25) is 0 Å². The average molecular weight is 285 g/mol. The summed E-state index contributed by atoms with van der Waals surface area (Å²) in [6, 6.07) is -1.18. The Morgan fingerprint density at radius 2 is 1.85 bits per heavy atom. The summed E-state index contributed by atoms with van der Waals surface area (Å²) in [6.07, 6.45) is 2.07. The van der Waals surface area contributed by atoms with Crippen molar-refractivity contribution in [2.75, 3.05) is 26.7 Å². The van der Waals surface area contributed by atoms with Gasteiger partial charge in [-0.05, 0) is 19.8 Å². The normalized spacial score (nSPS) is 17.4. The van der Waals surface area contributed by atoms with Gasteiger partial charge < -0.3 is 20.3 Å². The van der Waals surface area contributed by atoms with E-state index in [4.69, 9.17) is 0 Å². The van der Waals surface area contributed by atoms with Gasteiger partial charge in [-0.2, -0.15) is 0 Å². The van der Waals surface area contributed by atoms with Crippen LogP contribution in [0.1, 0.15) is 26.7 Å². The zero-order valence-corrected chi connectivity index (χ0v) is 12.3. The number of hydrogen-bond donors (Lipinski definition) is 2. The molecule has 0 bridgehead atoms. The van der Waals surface area contributed by atoms with Crippen LogP contribution in [-0.2, 0) is 19.1 Å². The van der Waals surface area contributed by atoms with Crippen molar-refractivity contribution in [3.63, 3.8) is 0 Å². The minimum absolute atomic E-state index is 0.0222. The summed E-state index contributed by atoms with van der Waals surface area (Å²) in [5.74, 6) is -0.830. The van der Waals surface area contributed by atoms with Crippen LogP contribution in [0.5, 0.6) is 0 Å². The van der Waals surface area contributed by atoms with Crippen molar-refractivity contribution in [3.05, 3.63) is 0 Å². The number of esters is 1. The standard InChI is InChI=1S/C13H23N3O4/c1-9(12(18)16-6-4-5-7-16)14-8-11(13(19)20-3)15-10(2)17/h9,11,14H,4-8H2,1-3H3,(H,15,17). The highest BCUT2D eigenvalue weighted by atomic mass is 16.5. The number of hydrogen-bond acceptors (Lipinski definition) is 5. The Bertz CT molecular complexity index is 367. The first-order chi connectivity index (χ1) is 9.45. The molecule has 1 saturated heterocycles. The van der Waals surface area contributed by atoms with Gasteiger partial charge in [-0.1, -0.05) is 0 Å². The lowest BCUT2D eigenvalue weighted by molar-refractivity contribution is -0.145. The summed E-state index contributed by atoms with van der Waals surface area (Å²) in [6.45, 7) is 4.82. The molecule has 1 heterocycles. The van der Waals surface area contributed by atoms with Crippen LogP contribution in [0.15, 0.2) is 0 Å². The SMILES string of the molecule is COC(=O)C(CNC(C)C(=O)N1CCCC1)NC(C)=O. The molecule has 2 atom stereocenters. The molecule has 0 spiro atoms. The average Bonchev–Trinajstić information content (AvgIpc) is 2.94. The summed E-state index contributed by atoms with van der Waals surface area (Å²) in [5, 5.41) is 5.47. The maximum Gasteiger partial charge on any atom is 0.329 e. The van der Waals surface area contributed by atoms with E-state index in [0.717, 1.165) is 25.9 Å². The van der Waals surface area contributed by atoms with Gasteiger partial charge >= 0.3 is 5.97 Å². The Labute approximate surface area is 119 Å². The fourth-order valence-corrected chi connectivity index (χ4v) is 2.17. The number of carbonyl (C=O) groups excluding carboxylic acids is 3. The lowest BCUT2D eigenvalue weighted by atomic mass is 10.2. The minimum atomic E-state index is -0.786. The number of methoxy groups -OCH3 is 1. The van der Waals surface area contributed by atoms with Gasteiger partial charge in [-0.15, -0.1) is 0 Å². The summed E-state index contributed by atoms with van der Waals surface area (Å²) >= 11 is 0. The van der Waals surface area contributed by atoms with Gasteiger partial charge in [-0.3, -0.25) is 9.59 Å². The minimum Gasteiger partial charge on any atom is -0.467 e. The zero-order valence-electron chi connectivity index (χ0n) is 12.3. The molecule has 2 amide bonds. The second kappa shape index (κ2) is 7.84. The Morgan fingerprint density at radius 1 is 1.25 bits per heavy atom. The monoisotopic (exact) mass is 285 g/mol. The van der Waals surface area contributed by atoms with Crippen LogP contribution in [-0.4, -0.2) is 61.5 Å². The Kier molecular flexibility index (Phi) is 6.44. The van der Waals surface area contributed by atoms with Crippen molar-refractivity contribution in [2.24, 2.45) is 0 Å². The van der Waals surface area contributed by atoms with Gasteiger partial charge in [0.25, 0.3) is 0 Å². The summed E-state index contributed by atoms with van der Waals surface area (Å²) in [7, 11) is 1.26. The molecule has 0 radical (unpaired) electrons. The van der Waals surface area contributed by atoms with Gasteiger partial charge in [0.1, 0.15) is 6.04 Å². The molecule has 7 nitrogen and oxygen atoms in total. The topological polar surface area (TPSA) is 87.7 Å². The Morgan fingerprint density at radius 3 is 2.35 bits per heavy atom. The highest BCUT2D eigenvalue weighted by molar-refractivity contribution is 5.84. The number of ether oxygens (including phenoxy) is 1. The molecule has 2 unspecified atom stereocenters. The van der Waals surface area contributed by atoms with Crippen molar-refractivity contribution < 1.29 is 19.1 Å². The highest BCUT2D eigenvalue weighted by Crippen LogP contribution is 2.08. The van der Waals surface area contributed by atoms with E-state index in [-0.39, 0.29) is 18.4 Å². The first-order valence-corrected chi connectivity index (χ1v) is 6.82. The summed E-state index contributed by atoms with van der Waals surface area (Å²) in [5.41, 5.74) is 0. The van der Waals surface area contributed by atoms with Crippen molar-refractivity contribution in [1.82, 2.24) is 15.5 Å². The van der Waals surface area contributed by atoms with Crippen molar-refractivity contribution in [3.8, 4) is 0 Å². The number of amides is 2. The number of rotatable bonds is 6. The molecule has 0 aromatic heterocycles. The van der Waals surface area contributed by atoms with E-state index >= 15 is 0 Å². The number of likely N-dealkylation sites (tertiary alicyclic amines) is 1. The van der Waals surface area contributed by atoms with E-state index in [2.05, 4.69) is 15.4 Å². The molecule has 0 saturated carbocycles. The fraction of sp³-hybridized carbons (Fsp3) is 0.769. The second-order valence-corrected chi connectivity index (χ2v) is 4.94. The van der Waals surface area contributed by atoms with E-state index in [0.29, 0.717) is 0 Å². The van der Waals surface area contributed by atoms with E-state index in [1.54, 1.807) is 6.92 Å². The van der Waals surface area contributed by atoms with Crippen molar-refractivity contribution in [2.45, 2.75) is 38.8 Å². The third-order valence-corrected chi connectivity index (χ3v) is 3.28. The van der Waals surface area contributed by atoms with Crippen LogP contribution in [0.4, 0.5) is 0 Å². The first-order valence-electron chi connectivity index (χ1n) is 6.82. The second-order valence-electron chi connectivity index (χ2n) is 4.94. The highest BCUT2D eigenvalue weighted by Gasteiger charge is 2.25. The third kappa shape index (κ3) is 4.80. The van der Waals surface area contributed by atoms with Crippen LogP contribution in [0, 0.1) is 0 Å². The Hall–Kier alpha value is -1.63. The van der Waals surface area contributed by atoms with E-state index in [1.807, 2.05) is 4.90 Å². The molecule has 20 heavy (non-hydrogen) atoms. The van der Waals surface area contributed by atoms with Gasteiger partial charge in [0.2, 0.25) is 11.8 Å². The summed E-state index contributed by atoms with van der Waals surface area (Å²) in [4.78, 5) is 36.4. The number of nitrogens with one attached hydrogen (secondary N) is 2. The molecule has 2 N–H and O–H groups in total. The molecule has 0 aromatic carbocycles. The van der Waals surface area contributed by atoms with E-state index in [1.165, 1.54) is 14.0 Å². The zero-order chi connectivity index (χ0) is 15.1. The van der Waals surface area contributed by atoms with Gasteiger partial charge in [0, 0.05) is 26.6 Å². The van der Waals surface area contributed by atoms with Crippen LogP contribution in [0.25, 0.3) is 0 Å². The van der Waals surface area contributed by atoms with Gasteiger partial charge in [-0.25, -0.2) is 4.79 Å². The van der Waals surface area contributed by atoms with Crippen molar-refractivity contribution in [1.29, 1.82) is 0 Å². The predicted molar refractivity (Wildman–Crippen MR) is 72.9 cm³/mol. The molecule has 0 aromatic rings. The van der Waals surface area contributed by atoms with Crippen LogP contribution >= 0.6 is 0 Å². The molecule has 0 aliphatic carbocycles. The molecule has 1 aliphatic heterocycles. The molecule has 1 rings (SSSR count). The molecular weight excluding hydrogens is 262 g/mol. The lowest BCUT2D eigenvalue weighted by Gasteiger charge is -2.23. The van der Waals surface area contributed by atoms with E-state index < -0.39 is 18.1 Å². The van der Waals surface area contributed by atoms with E-state index in [9.17, 15) is 14.4 Å². The smallest absolute Gasteiger partial charge is 0.329 e. The maximum atomic E-state index is 12.1. The van der Waals surface area contributed by atoms with Gasteiger partial charge in [0.15, 0.2) is 0 Å². The largest absolute Gasteiger partial charge is 0.467 e. The molecule has 7 heteroatoms. The molecule has 1 aliphatic rings. The third-order valence-electron chi connectivity index (χ3n) is 3.28. The lowest BCUT2D eigenvalue weighted by Crippen LogP contribution is -2.52.